The Morgan fingerprint density at radius 2 is 1.69 bits per heavy atom. The van der Waals surface area contributed by atoms with Gasteiger partial charge in [-0.2, -0.15) is 0 Å². The standard InChI is InChI=1S/C21H20ClN3O/c1-24-10-12-25(13-11-24)21(26)17-14-20(16-7-2-4-8-18(16)22)23-19-9-5-3-6-15(17)19/h2-9,14H,10-13H2,1H3. The van der Waals surface area contributed by atoms with Crippen LogP contribution in [0.15, 0.2) is 54.6 Å². The number of hydrogen-bond donors (Lipinski definition) is 0. The highest BCUT2D eigenvalue weighted by atomic mass is 35.5. The number of nitrogens with zero attached hydrogens (tertiary/aromatic N) is 3. The first kappa shape index (κ1) is 17.0. The Bertz CT molecular complexity index is 964. The molecule has 0 bridgehead atoms. The largest absolute Gasteiger partial charge is 0.336 e. The summed E-state index contributed by atoms with van der Waals surface area (Å²) in [4.78, 5) is 22.1. The maximum absolute atomic E-state index is 13.2. The molecule has 1 aliphatic rings. The van der Waals surface area contributed by atoms with Gasteiger partial charge in [-0.25, -0.2) is 4.98 Å². The second-order valence-electron chi connectivity index (χ2n) is 6.65. The molecular weight excluding hydrogens is 346 g/mol. The first-order chi connectivity index (χ1) is 12.6. The van der Waals surface area contributed by atoms with Gasteiger partial charge in [-0.1, -0.05) is 48.0 Å². The van der Waals surface area contributed by atoms with Gasteiger partial charge in [0.1, 0.15) is 0 Å². The minimum absolute atomic E-state index is 0.0602. The lowest BCUT2D eigenvalue weighted by molar-refractivity contribution is 0.0666. The van der Waals surface area contributed by atoms with Crippen LogP contribution in [-0.2, 0) is 0 Å². The smallest absolute Gasteiger partial charge is 0.254 e. The van der Waals surface area contributed by atoms with Crippen molar-refractivity contribution in [1.29, 1.82) is 0 Å². The van der Waals surface area contributed by atoms with E-state index in [0.29, 0.717) is 10.6 Å². The molecular formula is C21H20ClN3O. The zero-order valence-electron chi connectivity index (χ0n) is 14.7. The van der Waals surface area contributed by atoms with Crippen LogP contribution in [0.2, 0.25) is 5.02 Å². The van der Waals surface area contributed by atoms with E-state index >= 15 is 0 Å². The molecule has 1 aromatic heterocycles. The predicted molar refractivity (Wildman–Crippen MR) is 106 cm³/mol. The van der Waals surface area contributed by atoms with Crippen LogP contribution in [0, 0.1) is 0 Å². The van der Waals surface area contributed by atoms with E-state index in [1.54, 1.807) is 0 Å². The molecule has 2 aromatic carbocycles. The maximum Gasteiger partial charge on any atom is 0.254 e. The number of piperazine rings is 1. The summed E-state index contributed by atoms with van der Waals surface area (Å²) >= 11 is 6.37. The van der Waals surface area contributed by atoms with Crippen LogP contribution in [0.3, 0.4) is 0 Å². The first-order valence-corrected chi connectivity index (χ1v) is 9.14. The number of fused-ring (bicyclic) bond motifs is 1. The molecule has 1 aliphatic heterocycles. The molecule has 3 aromatic rings. The monoisotopic (exact) mass is 365 g/mol. The Hall–Kier alpha value is -2.43. The number of aromatic nitrogens is 1. The van der Waals surface area contributed by atoms with Gasteiger partial charge >= 0.3 is 0 Å². The lowest BCUT2D eigenvalue weighted by atomic mass is 10.0. The van der Waals surface area contributed by atoms with Crippen molar-refractivity contribution in [2.75, 3.05) is 33.2 Å². The fourth-order valence-corrected chi connectivity index (χ4v) is 3.57. The Labute approximate surface area is 158 Å². The van der Waals surface area contributed by atoms with Gasteiger partial charge in [-0.05, 0) is 25.2 Å². The van der Waals surface area contributed by atoms with Crippen molar-refractivity contribution in [3.8, 4) is 11.3 Å². The fourth-order valence-electron chi connectivity index (χ4n) is 3.34. The normalized spacial score (nSPS) is 15.4. The van der Waals surface area contributed by atoms with Gasteiger partial charge in [0.2, 0.25) is 0 Å². The summed E-state index contributed by atoms with van der Waals surface area (Å²) in [6.45, 7) is 3.28. The molecule has 132 valence electrons. The summed E-state index contributed by atoms with van der Waals surface area (Å²) in [6.07, 6.45) is 0. The molecule has 1 amide bonds. The molecule has 0 N–H and O–H groups in total. The van der Waals surface area contributed by atoms with Gasteiger partial charge in [-0.15, -0.1) is 0 Å². The number of rotatable bonds is 2. The van der Waals surface area contributed by atoms with Crippen molar-refractivity contribution in [2.24, 2.45) is 0 Å². The number of benzene rings is 2. The van der Waals surface area contributed by atoms with Crippen molar-refractivity contribution >= 4 is 28.4 Å². The topological polar surface area (TPSA) is 36.4 Å². The van der Waals surface area contributed by atoms with Crippen LogP contribution in [0.1, 0.15) is 10.4 Å². The number of carbonyl (C=O) groups excluding carboxylic acids is 1. The predicted octanol–water partition coefficient (Wildman–Crippen LogP) is 3.94. The number of amides is 1. The number of pyridine rings is 1. The van der Waals surface area contributed by atoms with Gasteiger partial charge < -0.3 is 9.80 Å². The van der Waals surface area contributed by atoms with Crippen LogP contribution in [0.5, 0.6) is 0 Å². The van der Waals surface area contributed by atoms with Gasteiger partial charge in [-0.3, -0.25) is 4.79 Å². The quantitative estimate of drug-likeness (QED) is 0.690. The molecule has 1 saturated heterocycles. The highest BCUT2D eigenvalue weighted by Gasteiger charge is 2.23. The zero-order valence-corrected chi connectivity index (χ0v) is 15.4. The number of halogens is 1. The molecule has 0 aliphatic carbocycles. The minimum atomic E-state index is 0.0602. The second kappa shape index (κ2) is 7.06. The molecule has 1 fully saturated rings. The van der Waals surface area contributed by atoms with E-state index in [4.69, 9.17) is 16.6 Å². The number of hydrogen-bond acceptors (Lipinski definition) is 3. The lowest BCUT2D eigenvalue weighted by Gasteiger charge is -2.32. The molecule has 0 radical (unpaired) electrons. The second-order valence-corrected chi connectivity index (χ2v) is 7.05. The Morgan fingerprint density at radius 3 is 2.46 bits per heavy atom. The third kappa shape index (κ3) is 3.18. The SMILES string of the molecule is CN1CCN(C(=O)c2cc(-c3ccccc3Cl)nc3ccccc23)CC1. The number of para-hydroxylation sites is 1. The Morgan fingerprint density at radius 1 is 1.00 bits per heavy atom. The molecule has 0 saturated carbocycles. The van der Waals surface area contributed by atoms with Crippen molar-refractivity contribution in [2.45, 2.75) is 0 Å². The summed E-state index contributed by atoms with van der Waals surface area (Å²) in [7, 11) is 2.08. The highest BCUT2D eigenvalue weighted by Crippen LogP contribution is 2.30. The minimum Gasteiger partial charge on any atom is -0.336 e. The van der Waals surface area contributed by atoms with Gasteiger partial charge in [0.05, 0.1) is 16.8 Å². The van der Waals surface area contributed by atoms with Gasteiger partial charge in [0.15, 0.2) is 0 Å². The van der Waals surface area contributed by atoms with Crippen molar-refractivity contribution in [3.05, 3.63) is 65.2 Å². The molecule has 26 heavy (non-hydrogen) atoms. The summed E-state index contributed by atoms with van der Waals surface area (Å²) in [5.41, 5.74) is 3.07. The average Bonchev–Trinajstić information content (AvgIpc) is 2.67. The molecule has 4 rings (SSSR count). The van der Waals surface area contributed by atoms with E-state index in [1.165, 1.54) is 0 Å². The van der Waals surface area contributed by atoms with Gasteiger partial charge in [0.25, 0.3) is 5.91 Å². The van der Waals surface area contributed by atoms with E-state index in [1.807, 2.05) is 59.5 Å². The van der Waals surface area contributed by atoms with Crippen molar-refractivity contribution < 1.29 is 4.79 Å². The van der Waals surface area contributed by atoms with Gasteiger partial charge in [0, 0.05) is 42.2 Å². The first-order valence-electron chi connectivity index (χ1n) is 8.76. The summed E-state index contributed by atoms with van der Waals surface area (Å²) in [5, 5.41) is 1.51. The Balaban J connectivity index is 1.83. The van der Waals surface area contributed by atoms with E-state index in [9.17, 15) is 4.79 Å². The van der Waals surface area contributed by atoms with Crippen LogP contribution in [0.25, 0.3) is 22.2 Å². The van der Waals surface area contributed by atoms with E-state index < -0.39 is 0 Å². The number of carbonyl (C=O) groups is 1. The third-order valence-electron chi connectivity index (χ3n) is 4.89. The fraction of sp³-hybridized carbons (Fsp3) is 0.238. The molecule has 0 atom stereocenters. The summed E-state index contributed by atoms with van der Waals surface area (Å²) in [6, 6.07) is 17.3. The van der Waals surface area contributed by atoms with Crippen molar-refractivity contribution in [1.82, 2.24) is 14.8 Å². The van der Waals surface area contributed by atoms with E-state index in [-0.39, 0.29) is 5.91 Å². The molecule has 0 unspecified atom stereocenters. The molecule has 2 heterocycles. The molecule has 4 nitrogen and oxygen atoms in total. The van der Waals surface area contributed by atoms with Crippen LogP contribution in [0.4, 0.5) is 0 Å². The third-order valence-corrected chi connectivity index (χ3v) is 5.22. The molecule has 5 heteroatoms. The summed E-state index contributed by atoms with van der Waals surface area (Å²) in [5.74, 6) is 0.0602. The maximum atomic E-state index is 13.2. The van der Waals surface area contributed by atoms with E-state index in [0.717, 1.165) is 48.3 Å². The summed E-state index contributed by atoms with van der Waals surface area (Å²) < 4.78 is 0. The van der Waals surface area contributed by atoms with Crippen LogP contribution in [-0.4, -0.2) is 53.9 Å². The number of likely N-dealkylation sites (N-methyl/N-ethyl adjacent to an activating group) is 1. The van der Waals surface area contributed by atoms with E-state index in [2.05, 4.69) is 11.9 Å². The lowest BCUT2D eigenvalue weighted by Crippen LogP contribution is -2.47. The van der Waals surface area contributed by atoms with Crippen LogP contribution >= 0.6 is 11.6 Å². The highest BCUT2D eigenvalue weighted by molar-refractivity contribution is 6.33. The average molecular weight is 366 g/mol. The Kier molecular flexibility index (Phi) is 4.62. The molecule has 0 spiro atoms. The van der Waals surface area contributed by atoms with Crippen LogP contribution < -0.4 is 0 Å². The zero-order chi connectivity index (χ0) is 18.1. The van der Waals surface area contributed by atoms with Crippen molar-refractivity contribution in [3.63, 3.8) is 0 Å².